The molecular weight excluding hydrogens is 370 g/mol. The molecule has 1 aromatic carbocycles. The van der Waals surface area contributed by atoms with E-state index in [2.05, 4.69) is 10.1 Å². The summed E-state index contributed by atoms with van der Waals surface area (Å²) in [5.74, 6) is -1.67. The number of carboxylic acid groups (broad SMARTS) is 1. The molecule has 0 spiro atoms. The maximum Gasteiger partial charge on any atom is 0.336 e. The number of rotatable bonds is 7. The zero-order chi connectivity index (χ0) is 22.0. The van der Waals surface area contributed by atoms with Crippen molar-refractivity contribution >= 4 is 11.9 Å². The Hall–Kier alpha value is -2.70. The fourth-order valence-electron chi connectivity index (χ4n) is 4.65. The summed E-state index contributed by atoms with van der Waals surface area (Å²) in [6.07, 6.45) is 3.43. The van der Waals surface area contributed by atoms with E-state index >= 15 is 0 Å². The molecule has 0 fully saturated rings. The predicted molar refractivity (Wildman–Crippen MR) is 109 cm³/mol. The minimum absolute atomic E-state index is 0.198. The number of benzene rings is 1. The van der Waals surface area contributed by atoms with Gasteiger partial charge in [0.05, 0.1) is 0 Å². The summed E-state index contributed by atoms with van der Waals surface area (Å²) in [6, 6.07) is 5.73. The van der Waals surface area contributed by atoms with E-state index in [0.717, 1.165) is 11.1 Å². The fourth-order valence-corrected chi connectivity index (χ4v) is 4.65. The zero-order valence-corrected chi connectivity index (χ0v) is 18.3. The van der Waals surface area contributed by atoms with Gasteiger partial charge in [0.1, 0.15) is 12.7 Å². The van der Waals surface area contributed by atoms with Gasteiger partial charge in [-0.05, 0) is 31.4 Å². The van der Waals surface area contributed by atoms with E-state index in [1.54, 1.807) is 0 Å². The Kier molecular flexibility index (Phi) is 6.21. The second-order valence-corrected chi connectivity index (χ2v) is 8.55. The van der Waals surface area contributed by atoms with Crippen LogP contribution in [0.5, 0.6) is 0 Å². The quantitative estimate of drug-likeness (QED) is 0.705. The van der Waals surface area contributed by atoms with Crippen LogP contribution in [-0.2, 0) is 25.5 Å². The molecular formula is C22H31N3O4. The van der Waals surface area contributed by atoms with Crippen molar-refractivity contribution in [3.05, 3.63) is 47.5 Å². The second kappa shape index (κ2) is 7.97. The van der Waals surface area contributed by atoms with Crippen LogP contribution in [0.1, 0.15) is 64.2 Å². The lowest BCUT2D eigenvalue weighted by atomic mass is 9.58. The van der Waals surface area contributed by atoms with E-state index in [1.807, 2.05) is 59.7 Å². The van der Waals surface area contributed by atoms with Gasteiger partial charge in [0.25, 0.3) is 0 Å². The van der Waals surface area contributed by atoms with Gasteiger partial charge < -0.3 is 9.84 Å². The van der Waals surface area contributed by atoms with Crippen LogP contribution in [0.3, 0.4) is 0 Å². The summed E-state index contributed by atoms with van der Waals surface area (Å²) >= 11 is 0. The number of ether oxygens (including phenoxy) is 1. The Morgan fingerprint density at radius 3 is 2.14 bits per heavy atom. The Balaban J connectivity index is 3.17. The number of aromatic nitrogens is 3. The molecule has 0 aliphatic rings. The number of hydrogen-bond acceptors (Lipinski definition) is 5. The van der Waals surface area contributed by atoms with Gasteiger partial charge in [-0.1, -0.05) is 52.3 Å². The molecule has 158 valence electrons. The number of aliphatic carboxylic acids is 1. The van der Waals surface area contributed by atoms with Crippen LogP contribution >= 0.6 is 0 Å². The van der Waals surface area contributed by atoms with Crippen molar-refractivity contribution in [2.75, 3.05) is 0 Å². The summed E-state index contributed by atoms with van der Waals surface area (Å²) < 4.78 is 7.49. The normalized spacial score (nSPS) is 16.0. The monoisotopic (exact) mass is 401 g/mol. The minimum Gasteiger partial charge on any atom is -0.479 e. The number of carbonyl (C=O) groups is 2. The molecule has 2 aromatic rings. The number of carbonyl (C=O) groups excluding carboxylic acids is 1. The summed E-state index contributed by atoms with van der Waals surface area (Å²) in [4.78, 5) is 29.6. The molecule has 2 unspecified atom stereocenters. The SMILES string of the molecule is CCCC(C(=O)O)(n1cncn1)C(OC(C)=O)(c1c(C)cccc1C)C(C)(C)C. The Morgan fingerprint density at radius 2 is 1.76 bits per heavy atom. The Morgan fingerprint density at radius 1 is 1.17 bits per heavy atom. The molecule has 2 atom stereocenters. The van der Waals surface area contributed by atoms with Crippen LogP contribution in [0.2, 0.25) is 0 Å². The number of hydrogen-bond donors (Lipinski definition) is 1. The van der Waals surface area contributed by atoms with Gasteiger partial charge in [0.15, 0.2) is 5.60 Å². The number of aryl methyl sites for hydroxylation is 2. The van der Waals surface area contributed by atoms with Gasteiger partial charge in [0.2, 0.25) is 5.54 Å². The molecule has 29 heavy (non-hydrogen) atoms. The van der Waals surface area contributed by atoms with Gasteiger partial charge in [-0.15, -0.1) is 0 Å². The first-order valence-corrected chi connectivity index (χ1v) is 9.80. The summed E-state index contributed by atoms with van der Waals surface area (Å²) in [6.45, 7) is 12.7. The molecule has 0 aliphatic carbocycles. The van der Waals surface area contributed by atoms with Gasteiger partial charge >= 0.3 is 11.9 Å². The van der Waals surface area contributed by atoms with Crippen molar-refractivity contribution in [3.63, 3.8) is 0 Å². The highest BCUT2D eigenvalue weighted by molar-refractivity contribution is 5.81. The standard InChI is InChI=1S/C22H31N3O4/c1-8-12-21(19(27)28,25-14-23-13-24-25)22(20(5,6)7,29-17(4)26)18-15(2)10-9-11-16(18)3/h9-11,13-14H,8,12H2,1-7H3,(H,27,28). The molecule has 1 aromatic heterocycles. The zero-order valence-electron chi connectivity index (χ0n) is 18.3. The largest absolute Gasteiger partial charge is 0.479 e. The van der Waals surface area contributed by atoms with Crippen LogP contribution in [0, 0.1) is 19.3 Å². The smallest absolute Gasteiger partial charge is 0.336 e. The first-order chi connectivity index (χ1) is 13.5. The summed E-state index contributed by atoms with van der Waals surface area (Å²) in [7, 11) is 0. The van der Waals surface area contributed by atoms with Crippen molar-refractivity contribution in [2.45, 2.75) is 72.4 Å². The van der Waals surface area contributed by atoms with Crippen molar-refractivity contribution in [1.29, 1.82) is 0 Å². The lowest BCUT2D eigenvalue weighted by Gasteiger charge is -2.54. The summed E-state index contributed by atoms with van der Waals surface area (Å²) in [5.41, 5.74) is -1.65. The highest BCUT2D eigenvalue weighted by Gasteiger charge is 2.68. The van der Waals surface area contributed by atoms with Crippen LogP contribution in [0.25, 0.3) is 0 Å². The van der Waals surface area contributed by atoms with Gasteiger partial charge in [-0.3, -0.25) is 4.79 Å². The third kappa shape index (κ3) is 3.43. The van der Waals surface area contributed by atoms with E-state index in [-0.39, 0.29) is 6.42 Å². The van der Waals surface area contributed by atoms with Gasteiger partial charge in [-0.25, -0.2) is 14.5 Å². The molecule has 7 nitrogen and oxygen atoms in total. The average molecular weight is 402 g/mol. The number of carboxylic acids is 1. The highest BCUT2D eigenvalue weighted by Crippen LogP contribution is 2.57. The lowest BCUT2D eigenvalue weighted by Crippen LogP contribution is -2.66. The molecule has 0 bridgehead atoms. The predicted octanol–water partition coefficient (Wildman–Crippen LogP) is 3.98. The molecule has 1 N–H and O–H groups in total. The maximum atomic E-state index is 13.1. The molecule has 0 radical (unpaired) electrons. The van der Waals surface area contributed by atoms with Crippen LogP contribution in [-0.4, -0.2) is 31.8 Å². The number of esters is 1. The maximum absolute atomic E-state index is 13.1. The van der Waals surface area contributed by atoms with E-state index in [4.69, 9.17) is 4.74 Å². The highest BCUT2D eigenvalue weighted by atomic mass is 16.6. The lowest BCUT2D eigenvalue weighted by molar-refractivity contribution is -0.216. The second-order valence-electron chi connectivity index (χ2n) is 8.55. The van der Waals surface area contributed by atoms with Gasteiger partial charge in [0, 0.05) is 17.9 Å². The molecule has 2 rings (SSSR count). The van der Waals surface area contributed by atoms with E-state index < -0.39 is 28.5 Å². The van der Waals surface area contributed by atoms with Crippen LogP contribution < -0.4 is 0 Å². The van der Waals surface area contributed by atoms with Crippen LogP contribution in [0.4, 0.5) is 0 Å². The molecule has 7 heteroatoms. The first-order valence-electron chi connectivity index (χ1n) is 9.80. The average Bonchev–Trinajstić information content (AvgIpc) is 3.11. The Labute approximate surface area is 172 Å². The fraction of sp³-hybridized carbons (Fsp3) is 0.545. The van der Waals surface area contributed by atoms with Crippen molar-refractivity contribution in [3.8, 4) is 0 Å². The molecule has 1 heterocycles. The van der Waals surface area contributed by atoms with Crippen molar-refractivity contribution < 1.29 is 19.4 Å². The molecule has 0 amide bonds. The van der Waals surface area contributed by atoms with E-state index in [1.165, 1.54) is 24.3 Å². The first kappa shape index (κ1) is 22.6. The molecule has 0 saturated heterocycles. The molecule has 0 aliphatic heterocycles. The van der Waals surface area contributed by atoms with E-state index in [9.17, 15) is 14.7 Å². The Bertz CT molecular complexity index is 866. The minimum atomic E-state index is -1.70. The van der Waals surface area contributed by atoms with Crippen molar-refractivity contribution in [2.24, 2.45) is 5.41 Å². The molecule has 0 saturated carbocycles. The topological polar surface area (TPSA) is 94.3 Å². The van der Waals surface area contributed by atoms with E-state index in [0.29, 0.717) is 12.0 Å². The van der Waals surface area contributed by atoms with Gasteiger partial charge in [-0.2, -0.15) is 5.10 Å². The number of nitrogens with zero attached hydrogens (tertiary/aromatic N) is 3. The third-order valence-electron chi connectivity index (χ3n) is 5.54. The third-order valence-corrected chi connectivity index (χ3v) is 5.54. The summed E-state index contributed by atoms with van der Waals surface area (Å²) in [5, 5.41) is 14.9. The van der Waals surface area contributed by atoms with Crippen molar-refractivity contribution in [1.82, 2.24) is 14.8 Å². The van der Waals surface area contributed by atoms with Crippen LogP contribution in [0.15, 0.2) is 30.9 Å².